The standard InChI is InChI=1S/C58H71NO16S2/c1-34-41(72-53(66)47(62)46(37-20-12-9-13-21-37)59-51(64)38-22-14-10-15-23-38)31-58(68)50(74-52(65)39-24-16-11-17-25-39)48-56(6,49(63)35(2)45(34)55(58,4)5)42(30-43-57(48,32-69-43)75-36(3)60)73-54(67)71-33-70-44(61)27-19-18-26-40(77-8)28-29-76-7/h9-17,20-25,35,40-43,46-48,50,62,68H,18-19,26-33H2,1-8H3,(H,59,64)/t35-,40?,41?,42+,43?,46?,47-,48+,50+,56-,57+,58-/m1/s1. The van der Waals surface area contributed by atoms with E-state index in [0.29, 0.717) is 28.4 Å². The molecule has 1 amide bonds. The lowest BCUT2D eigenvalue weighted by atomic mass is 9.43. The van der Waals surface area contributed by atoms with Gasteiger partial charge in [0, 0.05) is 48.3 Å². The molecule has 12 atom stereocenters. The van der Waals surface area contributed by atoms with Gasteiger partial charge >= 0.3 is 30.0 Å². The van der Waals surface area contributed by atoms with E-state index in [1.807, 2.05) is 0 Å². The maximum absolute atomic E-state index is 16.0. The quantitative estimate of drug-likeness (QED) is 0.0300. The number of ether oxygens (including phenoxy) is 7. The van der Waals surface area contributed by atoms with Gasteiger partial charge in [0.15, 0.2) is 11.7 Å². The molecular formula is C58H71NO16S2. The zero-order valence-electron chi connectivity index (χ0n) is 44.9. The minimum Gasteiger partial charge on any atom is -0.456 e. The number of benzene rings is 3. The number of carbonyl (C=O) groups excluding carboxylic acids is 7. The molecule has 2 saturated carbocycles. The number of aliphatic hydroxyl groups is 2. The molecule has 3 aliphatic carbocycles. The Morgan fingerprint density at radius 3 is 2.08 bits per heavy atom. The number of esters is 4. The summed E-state index contributed by atoms with van der Waals surface area (Å²) < 4.78 is 41.7. The van der Waals surface area contributed by atoms with Crippen molar-refractivity contribution < 1.29 is 76.9 Å². The van der Waals surface area contributed by atoms with Crippen molar-refractivity contribution in [1.82, 2.24) is 5.32 Å². The number of nitrogens with one attached hydrogen (secondary N) is 1. The van der Waals surface area contributed by atoms with Crippen LogP contribution in [0.25, 0.3) is 0 Å². The van der Waals surface area contributed by atoms with E-state index in [9.17, 15) is 39.0 Å². The number of rotatable bonds is 21. The van der Waals surface area contributed by atoms with E-state index in [1.54, 1.807) is 130 Å². The Kier molecular flexibility index (Phi) is 19.1. The highest BCUT2D eigenvalue weighted by Gasteiger charge is 2.78. The molecule has 1 aliphatic heterocycles. The molecule has 0 spiro atoms. The molecule has 1 saturated heterocycles. The van der Waals surface area contributed by atoms with Crippen LogP contribution in [0.2, 0.25) is 0 Å². The van der Waals surface area contributed by atoms with E-state index in [2.05, 4.69) is 17.8 Å². The van der Waals surface area contributed by atoms with Crippen molar-refractivity contribution in [2.24, 2.45) is 22.7 Å². The third-order valence-electron chi connectivity index (χ3n) is 16.3. The zero-order valence-corrected chi connectivity index (χ0v) is 46.5. The van der Waals surface area contributed by atoms with Gasteiger partial charge in [0.1, 0.15) is 35.8 Å². The Labute approximate surface area is 458 Å². The minimum absolute atomic E-state index is 0.0655. The van der Waals surface area contributed by atoms with Crippen molar-refractivity contribution in [2.45, 2.75) is 140 Å². The summed E-state index contributed by atoms with van der Waals surface area (Å²) in [5, 5.41) is 29.2. The van der Waals surface area contributed by atoms with Gasteiger partial charge in [-0.25, -0.2) is 14.4 Å². The summed E-state index contributed by atoms with van der Waals surface area (Å²) in [5.41, 5.74) is -6.26. The number of ketones is 1. The Balaban J connectivity index is 1.24. The molecule has 3 fully saturated rings. The number of aliphatic hydroxyl groups excluding tert-OH is 1. The SMILES string of the molecule is CSCCC(CCCCC(=O)OCOC(=O)O[C@H]1CC2OC[C@@]2(OC(C)=O)[C@H]2[C@H](OC(=O)c3ccccc3)[C@]3(O)CC(OC(=O)[C@H](O)C(NC(=O)c4ccccc4)c4ccccc4)C(C)=C([C@@H](C)C(=O)[C@]12C)C3(C)C)SC. The van der Waals surface area contributed by atoms with Crippen LogP contribution in [0.3, 0.4) is 0 Å². The predicted molar refractivity (Wildman–Crippen MR) is 286 cm³/mol. The molecule has 0 radical (unpaired) electrons. The van der Waals surface area contributed by atoms with Crippen LogP contribution in [-0.2, 0) is 52.3 Å². The van der Waals surface area contributed by atoms with Crippen molar-refractivity contribution in [2.75, 3.05) is 31.7 Å². The fourth-order valence-electron chi connectivity index (χ4n) is 12.2. The first kappa shape index (κ1) is 58.9. The van der Waals surface area contributed by atoms with Crippen LogP contribution in [0.1, 0.15) is 119 Å². The first-order valence-electron chi connectivity index (χ1n) is 26.0. The summed E-state index contributed by atoms with van der Waals surface area (Å²) in [6, 6.07) is 23.2. The van der Waals surface area contributed by atoms with E-state index < -0.39 is 125 Å². The van der Waals surface area contributed by atoms with Gasteiger partial charge < -0.3 is 48.7 Å². The number of amides is 1. The molecule has 2 bridgehead atoms. The lowest BCUT2D eigenvalue weighted by molar-refractivity contribution is -0.345. The second-order valence-electron chi connectivity index (χ2n) is 21.1. The minimum atomic E-state index is -2.34. The molecule has 4 unspecified atom stereocenters. The van der Waals surface area contributed by atoms with Gasteiger partial charge in [0.2, 0.25) is 6.79 Å². The van der Waals surface area contributed by atoms with Gasteiger partial charge in [-0.1, -0.05) is 93.9 Å². The molecule has 77 heavy (non-hydrogen) atoms. The smallest absolute Gasteiger partial charge is 0.456 e. The highest BCUT2D eigenvalue weighted by atomic mass is 32.2. The summed E-state index contributed by atoms with van der Waals surface area (Å²) in [6.45, 7) is 8.17. The van der Waals surface area contributed by atoms with Crippen LogP contribution < -0.4 is 5.32 Å². The van der Waals surface area contributed by atoms with E-state index in [1.165, 1.54) is 26.0 Å². The Hall–Kier alpha value is -5.73. The third-order valence-corrected chi connectivity index (χ3v) is 18.0. The fraction of sp³-hybridized carbons (Fsp3) is 0.534. The summed E-state index contributed by atoms with van der Waals surface area (Å²) in [7, 11) is 0. The lowest BCUT2D eigenvalue weighted by Crippen LogP contribution is -2.81. The van der Waals surface area contributed by atoms with Crippen LogP contribution in [-0.4, -0.2) is 131 Å². The van der Waals surface area contributed by atoms with E-state index in [0.717, 1.165) is 25.0 Å². The number of thioether (sulfide) groups is 2. The van der Waals surface area contributed by atoms with Gasteiger partial charge in [-0.15, -0.1) is 0 Å². The van der Waals surface area contributed by atoms with Gasteiger partial charge in [-0.05, 0) is 92.3 Å². The van der Waals surface area contributed by atoms with Crippen molar-refractivity contribution in [3.05, 3.63) is 119 Å². The maximum Gasteiger partial charge on any atom is 0.511 e. The fourth-order valence-corrected chi connectivity index (χ4v) is 13.6. The Morgan fingerprint density at radius 1 is 0.844 bits per heavy atom. The number of fused-ring (bicyclic) bond motifs is 5. The predicted octanol–water partition coefficient (Wildman–Crippen LogP) is 8.15. The van der Waals surface area contributed by atoms with Crippen molar-refractivity contribution >= 4 is 65.2 Å². The molecular weight excluding hydrogens is 1030 g/mol. The van der Waals surface area contributed by atoms with E-state index in [-0.39, 0.29) is 30.6 Å². The molecule has 3 aromatic rings. The summed E-state index contributed by atoms with van der Waals surface area (Å²) in [5.74, 6) is -6.29. The highest BCUT2D eigenvalue weighted by molar-refractivity contribution is 7.99. The molecule has 3 N–H and O–H groups in total. The normalized spacial score (nSPS) is 28.3. The van der Waals surface area contributed by atoms with Crippen LogP contribution in [0.4, 0.5) is 4.79 Å². The van der Waals surface area contributed by atoms with Crippen molar-refractivity contribution in [3.8, 4) is 0 Å². The molecule has 0 aromatic heterocycles. The van der Waals surface area contributed by atoms with E-state index >= 15 is 4.79 Å². The molecule has 1 heterocycles. The maximum atomic E-state index is 16.0. The average Bonchev–Trinajstić information content (AvgIpc) is 3.51. The van der Waals surface area contributed by atoms with Crippen LogP contribution >= 0.6 is 23.5 Å². The molecule has 17 nitrogen and oxygen atoms in total. The van der Waals surface area contributed by atoms with Gasteiger partial charge in [0.05, 0.1) is 29.5 Å². The average molecular weight is 1100 g/mol. The topological polar surface area (TPSA) is 237 Å². The molecule has 19 heteroatoms. The largest absolute Gasteiger partial charge is 0.511 e. The lowest BCUT2D eigenvalue weighted by Gasteiger charge is -2.67. The number of unbranched alkanes of at least 4 members (excludes halogenated alkanes) is 1. The Morgan fingerprint density at radius 2 is 1.48 bits per heavy atom. The second-order valence-corrected chi connectivity index (χ2v) is 23.2. The Bertz CT molecular complexity index is 2650. The van der Waals surface area contributed by atoms with E-state index in [4.69, 9.17) is 33.2 Å². The zero-order chi connectivity index (χ0) is 55.9. The van der Waals surface area contributed by atoms with Crippen LogP contribution in [0.5, 0.6) is 0 Å². The first-order chi connectivity index (χ1) is 36.6. The van der Waals surface area contributed by atoms with Crippen LogP contribution in [0, 0.1) is 22.7 Å². The number of carbonyl (C=O) groups is 7. The van der Waals surface area contributed by atoms with Crippen molar-refractivity contribution in [3.63, 3.8) is 0 Å². The molecule has 3 aromatic carbocycles. The highest BCUT2D eigenvalue weighted by Crippen LogP contribution is 2.65. The van der Waals surface area contributed by atoms with Crippen LogP contribution in [0.15, 0.2) is 102 Å². The van der Waals surface area contributed by atoms with Crippen molar-refractivity contribution in [1.29, 1.82) is 0 Å². The van der Waals surface area contributed by atoms with Gasteiger partial charge in [-0.2, -0.15) is 23.5 Å². The molecule has 416 valence electrons. The monoisotopic (exact) mass is 1100 g/mol. The van der Waals surface area contributed by atoms with Gasteiger partial charge in [0.25, 0.3) is 5.91 Å². The first-order valence-corrected chi connectivity index (χ1v) is 28.7. The number of Topliss-reactive ketones (excluding diaryl/α,β-unsaturated/α-hetero) is 1. The number of hydrogen-bond donors (Lipinski definition) is 3. The number of hydrogen-bond acceptors (Lipinski definition) is 18. The molecule has 7 rings (SSSR count). The third kappa shape index (κ3) is 12.1. The summed E-state index contributed by atoms with van der Waals surface area (Å²) in [4.78, 5) is 98.5. The summed E-state index contributed by atoms with van der Waals surface area (Å²) in [6.07, 6.45) is -2.15. The summed E-state index contributed by atoms with van der Waals surface area (Å²) >= 11 is 3.59. The van der Waals surface area contributed by atoms with Gasteiger partial charge in [-0.3, -0.25) is 19.2 Å². The molecule has 4 aliphatic rings. The second kappa shape index (κ2) is 24.9.